The van der Waals surface area contributed by atoms with Crippen LogP contribution in [-0.2, 0) is 19.3 Å². The van der Waals surface area contributed by atoms with Gasteiger partial charge in [-0.05, 0) is 62.6 Å². The number of rotatable bonds is 17. The summed E-state index contributed by atoms with van der Waals surface area (Å²) in [5.74, 6) is -0.218. The molecule has 11 nitrogen and oxygen atoms in total. The monoisotopic (exact) mass is 772 g/mol. The minimum absolute atomic E-state index is 0.113. The summed E-state index contributed by atoms with van der Waals surface area (Å²) < 4.78 is 23.4. The lowest BCUT2D eigenvalue weighted by Crippen LogP contribution is -2.53. The number of amides is 1. The second-order valence-electron chi connectivity index (χ2n) is 14.1. The van der Waals surface area contributed by atoms with Gasteiger partial charge in [0.15, 0.2) is 0 Å². The average Bonchev–Trinajstić information content (AvgIpc) is 3.61. The van der Waals surface area contributed by atoms with Crippen molar-refractivity contribution in [2.24, 2.45) is 0 Å². The van der Waals surface area contributed by atoms with Gasteiger partial charge in [0.25, 0.3) is 14.4 Å². The molecule has 56 heavy (non-hydrogen) atoms. The number of carbonyl (C=O) groups is 1. The maximum atomic E-state index is 13.7. The lowest BCUT2D eigenvalue weighted by atomic mass is 9.76. The van der Waals surface area contributed by atoms with Crippen LogP contribution in [0.3, 0.4) is 0 Å². The first-order chi connectivity index (χ1) is 27.2. The molecule has 12 heteroatoms. The molecule has 2 N–H and O–H groups in total. The smallest absolute Gasteiger partial charge is 0.351 e. The molecule has 4 aromatic carbocycles. The van der Waals surface area contributed by atoms with Crippen molar-refractivity contribution in [3.8, 4) is 6.07 Å². The molecule has 0 bridgehead atoms. The van der Waals surface area contributed by atoms with Crippen LogP contribution in [0.25, 0.3) is 0 Å². The Hall–Kier alpha value is -5.05. The quantitative estimate of drug-likeness (QED) is 0.0548. The highest BCUT2D eigenvalue weighted by molar-refractivity contribution is 7.44. The molecule has 2 heterocycles. The predicted molar refractivity (Wildman–Crippen MR) is 219 cm³/mol. The first-order valence-corrected chi connectivity index (χ1v) is 20.1. The van der Waals surface area contributed by atoms with E-state index in [0.29, 0.717) is 12.0 Å². The van der Waals surface area contributed by atoms with Crippen molar-refractivity contribution in [2.75, 3.05) is 18.5 Å². The van der Waals surface area contributed by atoms with E-state index in [4.69, 9.17) is 13.8 Å². The molecule has 1 aromatic heterocycles. The molecule has 0 radical (unpaired) electrons. The summed E-state index contributed by atoms with van der Waals surface area (Å²) in [5, 5.41) is 16.1. The normalized spacial score (nSPS) is 17.6. The van der Waals surface area contributed by atoms with Gasteiger partial charge in [-0.25, -0.2) is 9.46 Å². The zero-order valence-corrected chi connectivity index (χ0v) is 33.1. The molecular formula is C44H49N6O5P. The van der Waals surface area contributed by atoms with E-state index in [9.17, 15) is 14.9 Å². The highest BCUT2D eigenvalue weighted by atomic mass is 31.2. The van der Waals surface area contributed by atoms with E-state index in [1.165, 1.54) is 4.57 Å². The van der Waals surface area contributed by atoms with Crippen LogP contribution < -0.4 is 16.3 Å². The Morgan fingerprint density at radius 3 is 1.91 bits per heavy atom. The second kappa shape index (κ2) is 19.2. The average molecular weight is 773 g/mol. The number of hydrogen-bond acceptors (Lipinski definition) is 9. The van der Waals surface area contributed by atoms with Crippen LogP contribution in [0.1, 0.15) is 73.8 Å². The Kier molecular flexibility index (Phi) is 13.9. The van der Waals surface area contributed by atoms with Crippen molar-refractivity contribution < 1.29 is 18.6 Å². The maximum Gasteiger partial charge on any atom is 0.351 e. The highest BCUT2D eigenvalue weighted by Gasteiger charge is 2.45. The SMILES string of the molecule is CC(C)N(C(C)C)P(OCCC#N)OC[C@H]1O[C@@H](n2ccc(NC(=O)c3ccccc3)nc2=O)C[C@H]1NC(c1ccccc1)(c1ccccc1)c1ccccc1. The Morgan fingerprint density at radius 1 is 0.875 bits per heavy atom. The summed E-state index contributed by atoms with van der Waals surface area (Å²) >= 11 is 0. The molecular weight excluding hydrogens is 723 g/mol. The fraction of sp³-hybridized carbons (Fsp3) is 0.318. The number of nitriles is 1. The number of anilines is 1. The van der Waals surface area contributed by atoms with E-state index in [0.717, 1.165) is 16.7 Å². The summed E-state index contributed by atoms with van der Waals surface area (Å²) in [5.41, 5.74) is 2.17. The first kappa shape index (κ1) is 40.6. The van der Waals surface area contributed by atoms with E-state index in [1.54, 1.807) is 36.5 Å². The lowest BCUT2D eigenvalue weighted by molar-refractivity contribution is -0.0277. The predicted octanol–water partition coefficient (Wildman–Crippen LogP) is 8.03. The zero-order valence-electron chi connectivity index (χ0n) is 32.2. The number of nitrogens with one attached hydrogen (secondary N) is 2. The third-order valence-electron chi connectivity index (χ3n) is 9.69. The topological polar surface area (TPSA) is 131 Å². The maximum absolute atomic E-state index is 13.7. The van der Waals surface area contributed by atoms with Crippen LogP contribution in [0, 0.1) is 11.3 Å². The number of benzene rings is 4. The molecule has 1 saturated heterocycles. The van der Waals surface area contributed by atoms with Gasteiger partial charge < -0.3 is 19.1 Å². The molecule has 4 atom stereocenters. The van der Waals surface area contributed by atoms with Gasteiger partial charge >= 0.3 is 5.69 Å². The van der Waals surface area contributed by atoms with Crippen LogP contribution >= 0.6 is 8.53 Å². The van der Waals surface area contributed by atoms with Gasteiger partial charge in [-0.2, -0.15) is 10.2 Å². The molecule has 0 spiro atoms. The lowest BCUT2D eigenvalue weighted by Gasteiger charge is -2.40. The molecule has 0 saturated carbocycles. The number of aromatic nitrogens is 2. The third kappa shape index (κ3) is 9.48. The van der Waals surface area contributed by atoms with E-state index < -0.39 is 32.1 Å². The second-order valence-corrected chi connectivity index (χ2v) is 15.6. The Morgan fingerprint density at radius 2 is 1.41 bits per heavy atom. The third-order valence-corrected chi connectivity index (χ3v) is 11.8. The molecule has 5 aromatic rings. The van der Waals surface area contributed by atoms with Crippen molar-refractivity contribution in [2.45, 2.75) is 76.5 Å². The van der Waals surface area contributed by atoms with Crippen molar-refractivity contribution in [3.05, 3.63) is 166 Å². The van der Waals surface area contributed by atoms with E-state index in [-0.39, 0.29) is 49.5 Å². The van der Waals surface area contributed by atoms with Gasteiger partial charge in [-0.15, -0.1) is 0 Å². The molecule has 0 aliphatic carbocycles. The van der Waals surface area contributed by atoms with Gasteiger partial charge in [0.2, 0.25) is 0 Å². The Labute approximate surface area is 330 Å². The van der Waals surface area contributed by atoms with E-state index >= 15 is 0 Å². The summed E-state index contributed by atoms with van der Waals surface area (Å²) in [6, 6.07) is 43.3. The van der Waals surface area contributed by atoms with Crippen LogP contribution in [-0.4, -0.2) is 57.6 Å². The molecule has 290 valence electrons. The van der Waals surface area contributed by atoms with Gasteiger partial charge in [-0.3, -0.25) is 14.7 Å². The number of ether oxygens (including phenoxy) is 1. The number of nitrogens with zero attached hydrogens (tertiary/aromatic N) is 4. The fourth-order valence-electron chi connectivity index (χ4n) is 7.23. The zero-order chi connectivity index (χ0) is 39.5. The summed E-state index contributed by atoms with van der Waals surface area (Å²) in [6.07, 6.45) is 0.980. The largest absolute Gasteiger partial charge is 0.351 e. The van der Waals surface area contributed by atoms with Gasteiger partial charge in [0.1, 0.15) is 12.0 Å². The Bertz CT molecular complexity index is 1990. The van der Waals surface area contributed by atoms with Crippen LogP contribution in [0.2, 0.25) is 0 Å². The fourth-order valence-corrected chi connectivity index (χ4v) is 8.85. The summed E-state index contributed by atoms with van der Waals surface area (Å²) in [4.78, 5) is 30.7. The van der Waals surface area contributed by atoms with Crippen molar-refractivity contribution in [3.63, 3.8) is 0 Å². The summed E-state index contributed by atoms with van der Waals surface area (Å²) in [6.45, 7) is 8.76. The van der Waals surface area contributed by atoms with Crippen molar-refractivity contribution in [1.82, 2.24) is 19.5 Å². The van der Waals surface area contributed by atoms with Crippen molar-refractivity contribution >= 4 is 20.3 Å². The van der Waals surface area contributed by atoms with Gasteiger partial charge in [-0.1, -0.05) is 109 Å². The standard InChI is InChI=1S/C44H49N6O5P/c1-32(2)50(33(3)4)56(53-29-17-27-45)54-31-39-38(30-41(55-39)49-28-26-40(47-43(49)52)46-42(51)34-18-9-5-10-19-34)48-44(35-20-11-6-12-21-35,36-22-13-7-14-23-36)37-24-15-8-16-25-37/h5-16,18-26,28,32-33,38-39,41,48H,17,29-31H2,1-4H3,(H,46,47,51,52)/t38-,39-,41-,56?/m1/s1. The van der Waals surface area contributed by atoms with Crippen LogP contribution in [0.5, 0.6) is 0 Å². The van der Waals surface area contributed by atoms with E-state index in [1.807, 2.05) is 60.7 Å². The molecule has 1 aliphatic heterocycles. The molecule has 1 aliphatic rings. The minimum atomic E-state index is -1.57. The summed E-state index contributed by atoms with van der Waals surface area (Å²) in [7, 11) is -1.57. The molecule has 6 rings (SSSR count). The number of hydrogen-bond donors (Lipinski definition) is 2. The van der Waals surface area contributed by atoms with Gasteiger partial charge in [0.05, 0.1) is 37.3 Å². The molecule has 1 fully saturated rings. The first-order valence-electron chi connectivity index (χ1n) is 19.0. The van der Waals surface area contributed by atoms with Gasteiger partial charge in [0, 0.05) is 36.3 Å². The highest BCUT2D eigenvalue weighted by Crippen LogP contribution is 2.47. The number of carbonyl (C=O) groups excluding carboxylic acids is 1. The van der Waals surface area contributed by atoms with Crippen LogP contribution in [0.15, 0.2) is 138 Å². The van der Waals surface area contributed by atoms with Crippen LogP contribution in [0.4, 0.5) is 5.82 Å². The minimum Gasteiger partial charge on any atom is -0.351 e. The Balaban J connectivity index is 1.37. The van der Waals surface area contributed by atoms with E-state index in [2.05, 4.69) is 90.5 Å². The molecule has 1 amide bonds. The van der Waals surface area contributed by atoms with Crippen molar-refractivity contribution in [1.29, 1.82) is 5.26 Å². The molecule has 1 unspecified atom stereocenters.